The van der Waals surface area contributed by atoms with Crippen LogP contribution < -0.4 is 5.32 Å². The maximum absolute atomic E-state index is 5.71. The van der Waals surface area contributed by atoms with E-state index in [9.17, 15) is 0 Å². The molecule has 0 bridgehead atoms. The molecule has 0 saturated heterocycles. The lowest BCUT2D eigenvalue weighted by Gasteiger charge is -2.12. The molecule has 0 radical (unpaired) electrons. The van der Waals surface area contributed by atoms with E-state index in [-0.39, 0.29) is 0 Å². The minimum absolute atomic E-state index is 0.697. The number of aromatic amines is 1. The predicted octanol–water partition coefficient (Wildman–Crippen LogP) is 3.76. The third-order valence-corrected chi connectivity index (χ3v) is 4.41. The maximum atomic E-state index is 5.71. The smallest absolute Gasteiger partial charge is 0.152 e. The van der Waals surface area contributed by atoms with Crippen LogP contribution in [0.5, 0.6) is 0 Å². The molecule has 3 heterocycles. The Morgan fingerprint density at radius 3 is 2.69 bits per heavy atom. The molecule has 6 nitrogen and oxygen atoms in total. The molecule has 0 atom stereocenters. The van der Waals surface area contributed by atoms with E-state index >= 15 is 0 Å². The van der Waals surface area contributed by atoms with Crippen molar-refractivity contribution in [1.82, 2.24) is 25.1 Å². The number of aromatic nitrogens is 4. The normalized spacial score (nSPS) is 11.2. The van der Waals surface area contributed by atoms with Gasteiger partial charge in [-0.3, -0.25) is 5.10 Å². The Labute approximate surface area is 151 Å². The van der Waals surface area contributed by atoms with Gasteiger partial charge in [0.1, 0.15) is 17.3 Å². The number of hydrogen-bond donors (Lipinski definition) is 2. The minimum atomic E-state index is 0.697. The summed E-state index contributed by atoms with van der Waals surface area (Å²) >= 11 is 0. The molecular weight excluding hydrogens is 326 g/mol. The monoisotopic (exact) mass is 347 g/mol. The molecule has 0 aliphatic carbocycles. The van der Waals surface area contributed by atoms with Crippen LogP contribution in [0.3, 0.4) is 0 Å². The number of benzene rings is 1. The number of imidazole rings is 1. The summed E-state index contributed by atoms with van der Waals surface area (Å²) < 4.78 is 7.81. The highest BCUT2D eigenvalue weighted by molar-refractivity contribution is 5.56. The second-order valence-corrected chi connectivity index (χ2v) is 6.26. The maximum Gasteiger partial charge on any atom is 0.152 e. The number of rotatable bonds is 6. The van der Waals surface area contributed by atoms with E-state index in [1.807, 2.05) is 50.6 Å². The van der Waals surface area contributed by atoms with Gasteiger partial charge in [0.15, 0.2) is 5.76 Å². The number of H-pyrrole nitrogens is 1. The number of nitrogens with zero attached hydrogens (tertiary/aromatic N) is 3. The van der Waals surface area contributed by atoms with Gasteiger partial charge in [-0.2, -0.15) is 5.10 Å². The molecule has 0 amide bonds. The highest BCUT2D eigenvalue weighted by Crippen LogP contribution is 2.23. The van der Waals surface area contributed by atoms with Crippen LogP contribution in [0.2, 0.25) is 0 Å². The Morgan fingerprint density at radius 2 is 1.92 bits per heavy atom. The van der Waals surface area contributed by atoms with Crippen molar-refractivity contribution in [3.05, 3.63) is 77.7 Å². The van der Waals surface area contributed by atoms with Crippen molar-refractivity contribution in [2.24, 2.45) is 0 Å². The van der Waals surface area contributed by atoms with Gasteiger partial charge in [-0.25, -0.2) is 4.98 Å². The first-order valence-electron chi connectivity index (χ1n) is 8.60. The van der Waals surface area contributed by atoms with Crippen molar-refractivity contribution in [2.45, 2.75) is 26.9 Å². The molecular formula is C20H21N5O. The van der Waals surface area contributed by atoms with E-state index < -0.39 is 0 Å². The average Bonchev–Trinajstić information content (AvgIpc) is 3.37. The summed E-state index contributed by atoms with van der Waals surface area (Å²) in [6, 6.07) is 12.3. The van der Waals surface area contributed by atoms with Crippen LogP contribution in [-0.4, -0.2) is 19.7 Å². The number of nitrogens with one attached hydrogen (secondary N) is 2. The second kappa shape index (κ2) is 7.01. The lowest BCUT2D eigenvalue weighted by molar-refractivity contribution is 0.545. The number of para-hydroxylation sites is 1. The fourth-order valence-corrected chi connectivity index (χ4v) is 3.09. The Kier molecular flexibility index (Phi) is 4.41. The van der Waals surface area contributed by atoms with Crippen LogP contribution in [-0.2, 0) is 13.1 Å². The summed E-state index contributed by atoms with van der Waals surface area (Å²) in [5.74, 6) is 2.67. The molecule has 0 saturated carbocycles. The van der Waals surface area contributed by atoms with E-state index in [1.165, 1.54) is 5.56 Å². The molecule has 3 aromatic heterocycles. The van der Waals surface area contributed by atoms with Gasteiger partial charge in [0.05, 0.1) is 11.9 Å². The highest BCUT2D eigenvalue weighted by Gasteiger charge is 2.11. The van der Waals surface area contributed by atoms with Gasteiger partial charge in [-0.1, -0.05) is 18.2 Å². The Balaban J connectivity index is 1.49. The number of aryl methyl sites for hydroxylation is 2. The molecule has 2 N–H and O–H groups in total. The Hall–Kier alpha value is -3.12. The summed E-state index contributed by atoms with van der Waals surface area (Å²) in [6.45, 7) is 5.39. The van der Waals surface area contributed by atoms with Crippen LogP contribution in [0.4, 0.5) is 0 Å². The molecule has 0 unspecified atom stereocenters. The lowest BCUT2D eigenvalue weighted by atomic mass is 10.1. The van der Waals surface area contributed by atoms with Gasteiger partial charge < -0.3 is 14.3 Å². The van der Waals surface area contributed by atoms with Gasteiger partial charge in [-0.05, 0) is 37.6 Å². The summed E-state index contributed by atoms with van der Waals surface area (Å²) in [5, 5.41) is 10.7. The van der Waals surface area contributed by atoms with E-state index in [0.29, 0.717) is 6.54 Å². The van der Waals surface area contributed by atoms with E-state index in [2.05, 4.69) is 43.3 Å². The summed E-state index contributed by atoms with van der Waals surface area (Å²) in [4.78, 5) is 4.32. The number of hydrogen-bond acceptors (Lipinski definition) is 4. The van der Waals surface area contributed by atoms with Crippen molar-refractivity contribution >= 4 is 0 Å². The van der Waals surface area contributed by atoms with Crippen LogP contribution in [0.25, 0.3) is 17.1 Å². The standard InChI is InChI=1S/C20H21N5O/c1-14-7-8-19(26-14)20-17(13-23-24-20)12-21-11-16-5-3-4-6-18(16)25-10-9-22-15(25)2/h3-10,13,21H,11-12H2,1-2H3,(H,23,24). The van der Waals surface area contributed by atoms with Crippen LogP contribution in [0.15, 0.2) is 59.4 Å². The fraction of sp³-hybridized carbons (Fsp3) is 0.200. The third-order valence-electron chi connectivity index (χ3n) is 4.41. The Morgan fingerprint density at radius 1 is 1.08 bits per heavy atom. The van der Waals surface area contributed by atoms with Crippen molar-refractivity contribution < 1.29 is 4.42 Å². The quantitative estimate of drug-likeness (QED) is 0.557. The Bertz CT molecular complexity index is 1010. The average molecular weight is 347 g/mol. The largest absolute Gasteiger partial charge is 0.460 e. The van der Waals surface area contributed by atoms with E-state index in [4.69, 9.17) is 4.42 Å². The zero-order valence-corrected chi connectivity index (χ0v) is 14.9. The SMILES string of the molecule is Cc1ccc(-c2[nH]ncc2CNCc2ccccc2-n2ccnc2C)o1. The van der Waals surface area contributed by atoms with Gasteiger partial charge in [-0.15, -0.1) is 0 Å². The first-order valence-corrected chi connectivity index (χ1v) is 8.60. The molecule has 132 valence electrons. The van der Waals surface area contributed by atoms with Crippen molar-refractivity contribution in [1.29, 1.82) is 0 Å². The van der Waals surface area contributed by atoms with E-state index in [0.717, 1.165) is 40.8 Å². The van der Waals surface area contributed by atoms with Crippen molar-refractivity contribution in [3.8, 4) is 17.1 Å². The second-order valence-electron chi connectivity index (χ2n) is 6.26. The summed E-state index contributed by atoms with van der Waals surface area (Å²) in [6.07, 6.45) is 5.65. The summed E-state index contributed by atoms with van der Waals surface area (Å²) in [5.41, 5.74) is 4.36. The zero-order chi connectivity index (χ0) is 17.9. The molecule has 1 aromatic carbocycles. The predicted molar refractivity (Wildman–Crippen MR) is 99.9 cm³/mol. The molecule has 6 heteroatoms. The van der Waals surface area contributed by atoms with Crippen LogP contribution in [0.1, 0.15) is 22.7 Å². The van der Waals surface area contributed by atoms with Gasteiger partial charge in [0.2, 0.25) is 0 Å². The van der Waals surface area contributed by atoms with Crippen molar-refractivity contribution in [3.63, 3.8) is 0 Å². The molecule has 4 rings (SSSR count). The topological polar surface area (TPSA) is 71.7 Å². The van der Waals surface area contributed by atoms with E-state index in [1.54, 1.807) is 0 Å². The fourth-order valence-electron chi connectivity index (χ4n) is 3.09. The first-order chi connectivity index (χ1) is 12.7. The van der Waals surface area contributed by atoms with Crippen LogP contribution >= 0.6 is 0 Å². The highest BCUT2D eigenvalue weighted by atomic mass is 16.3. The molecule has 26 heavy (non-hydrogen) atoms. The molecule has 0 aliphatic heterocycles. The number of furan rings is 1. The van der Waals surface area contributed by atoms with Crippen LogP contribution in [0, 0.1) is 13.8 Å². The first kappa shape index (κ1) is 16.4. The van der Waals surface area contributed by atoms with Crippen molar-refractivity contribution in [2.75, 3.05) is 0 Å². The third kappa shape index (κ3) is 3.19. The zero-order valence-electron chi connectivity index (χ0n) is 14.9. The molecule has 0 aliphatic rings. The van der Waals surface area contributed by atoms with Gasteiger partial charge >= 0.3 is 0 Å². The van der Waals surface area contributed by atoms with Gasteiger partial charge in [0.25, 0.3) is 0 Å². The minimum Gasteiger partial charge on any atom is -0.460 e. The lowest BCUT2D eigenvalue weighted by Crippen LogP contribution is -2.15. The summed E-state index contributed by atoms with van der Waals surface area (Å²) in [7, 11) is 0. The molecule has 0 fully saturated rings. The van der Waals surface area contributed by atoms with Gasteiger partial charge in [0, 0.05) is 31.0 Å². The molecule has 0 spiro atoms. The molecule has 4 aromatic rings.